The summed E-state index contributed by atoms with van der Waals surface area (Å²) in [4.78, 5) is 21.7. The molecule has 19 heavy (non-hydrogen) atoms. The van der Waals surface area contributed by atoms with Gasteiger partial charge < -0.3 is 19.7 Å². The van der Waals surface area contributed by atoms with Gasteiger partial charge in [0.05, 0.1) is 32.3 Å². The third-order valence-corrected chi connectivity index (χ3v) is 2.69. The van der Waals surface area contributed by atoms with Crippen molar-refractivity contribution in [1.29, 1.82) is 0 Å². The van der Waals surface area contributed by atoms with Gasteiger partial charge in [-0.1, -0.05) is 6.07 Å². The van der Waals surface area contributed by atoms with Crippen molar-refractivity contribution in [1.82, 2.24) is 0 Å². The predicted octanol–water partition coefficient (Wildman–Crippen LogP) is 0.465. The van der Waals surface area contributed by atoms with Gasteiger partial charge in [-0.3, -0.25) is 9.59 Å². The van der Waals surface area contributed by atoms with Gasteiger partial charge in [-0.25, -0.2) is 0 Å². The third-order valence-electron chi connectivity index (χ3n) is 2.69. The summed E-state index contributed by atoms with van der Waals surface area (Å²) >= 11 is 0. The van der Waals surface area contributed by atoms with E-state index in [0.29, 0.717) is 17.4 Å². The van der Waals surface area contributed by atoms with Crippen molar-refractivity contribution >= 4 is 12.3 Å². The van der Waals surface area contributed by atoms with Crippen molar-refractivity contribution in [3.8, 4) is 5.75 Å². The first-order valence-corrected chi connectivity index (χ1v) is 5.59. The van der Waals surface area contributed by atoms with Gasteiger partial charge in [-0.05, 0) is 17.7 Å². The van der Waals surface area contributed by atoms with Crippen LogP contribution in [0.2, 0.25) is 0 Å². The van der Waals surface area contributed by atoms with E-state index in [4.69, 9.17) is 4.74 Å². The molecule has 0 fully saturated rings. The minimum atomic E-state index is -1.29. The quantitative estimate of drug-likeness (QED) is 0.575. The number of methoxy groups -OCH3 is 2. The van der Waals surface area contributed by atoms with Gasteiger partial charge in [-0.15, -0.1) is 0 Å². The molecule has 0 saturated carbocycles. The Morgan fingerprint density at radius 1 is 1.37 bits per heavy atom. The molecule has 0 amide bonds. The zero-order valence-electron chi connectivity index (χ0n) is 10.7. The Hall–Kier alpha value is -1.92. The number of hydrogen-bond acceptors (Lipinski definition) is 6. The summed E-state index contributed by atoms with van der Waals surface area (Å²) in [7, 11) is 2.59. The van der Waals surface area contributed by atoms with Crippen molar-refractivity contribution in [2.45, 2.75) is 18.6 Å². The van der Waals surface area contributed by atoms with E-state index in [-0.39, 0.29) is 12.2 Å². The van der Waals surface area contributed by atoms with Crippen LogP contribution >= 0.6 is 0 Å². The average Bonchev–Trinajstić information content (AvgIpc) is 2.45. The third kappa shape index (κ3) is 3.77. The van der Waals surface area contributed by atoms with Crippen LogP contribution in [0.15, 0.2) is 18.2 Å². The molecule has 104 valence electrons. The Bertz CT molecular complexity index is 456. The lowest BCUT2D eigenvalue weighted by Gasteiger charge is -2.18. The fourth-order valence-electron chi connectivity index (χ4n) is 1.60. The second-order valence-corrected chi connectivity index (χ2v) is 3.91. The summed E-state index contributed by atoms with van der Waals surface area (Å²) in [6.07, 6.45) is -2.26. The molecule has 0 spiro atoms. The second-order valence-electron chi connectivity index (χ2n) is 3.91. The Kier molecular flexibility index (Phi) is 5.47. The summed E-state index contributed by atoms with van der Waals surface area (Å²) in [6.45, 7) is 0. The number of carbonyl (C=O) groups is 2. The molecule has 6 nitrogen and oxygen atoms in total. The van der Waals surface area contributed by atoms with Gasteiger partial charge in [0.25, 0.3) is 0 Å². The minimum absolute atomic E-state index is 0.289. The lowest BCUT2D eigenvalue weighted by atomic mass is 10.0. The Morgan fingerprint density at radius 2 is 2.05 bits per heavy atom. The normalized spacial score (nSPS) is 13.5. The molecule has 0 aliphatic rings. The molecule has 0 saturated heterocycles. The molecule has 1 aromatic carbocycles. The van der Waals surface area contributed by atoms with E-state index in [9.17, 15) is 19.8 Å². The Labute approximate surface area is 110 Å². The van der Waals surface area contributed by atoms with Gasteiger partial charge in [0.15, 0.2) is 6.29 Å². The molecule has 0 aromatic heterocycles. The van der Waals surface area contributed by atoms with Crippen LogP contribution in [0, 0.1) is 0 Å². The van der Waals surface area contributed by atoms with Crippen molar-refractivity contribution in [3.63, 3.8) is 0 Å². The van der Waals surface area contributed by atoms with E-state index in [0.717, 1.165) is 0 Å². The highest BCUT2D eigenvalue weighted by Gasteiger charge is 2.22. The number of ether oxygens (including phenoxy) is 2. The second kappa shape index (κ2) is 6.86. The van der Waals surface area contributed by atoms with Crippen molar-refractivity contribution in [2.24, 2.45) is 0 Å². The molecule has 0 aliphatic carbocycles. The number of hydrogen-bond donors (Lipinski definition) is 2. The zero-order valence-corrected chi connectivity index (χ0v) is 10.7. The van der Waals surface area contributed by atoms with Crippen LogP contribution in [-0.2, 0) is 9.53 Å². The monoisotopic (exact) mass is 268 g/mol. The molecule has 0 heterocycles. The van der Waals surface area contributed by atoms with Crippen LogP contribution in [0.3, 0.4) is 0 Å². The van der Waals surface area contributed by atoms with Crippen molar-refractivity contribution in [3.05, 3.63) is 29.3 Å². The van der Waals surface area contributed by atoms with Crippen LogP contribution in [0.25, 0.3) is 0 Å². The van der Waals surface area contributed by atoms with Crippen LogP contribution in [0.1, 0.15) is 28.4 Å². The highest BCUT2D eigenvalue weighted by atomic mass is 16.5. The van der Waals surface area contributed by atoms with E-state index in [1.54, 1.807) is 0 Å². The fraction of sp³-hybridized carbons (Fsp3) is 0.385. The van der Waals surface area contributed by atoms with Crippen molar-refractivity contribution in [2.75, 3.05) is 14.2 Å². The summed E-state index contributed by atoms with van der Waals surface area (Å²) in [5.74, 6) is -0.333. The van der Waals surface area contributed by atoms with Crippen LogP contribution in [0.4, 0.5) is 0 Å². The van der Waals surface area contributed by atoms with E-state index >= 15 is 0 Å². The minimum Gasteiger partial charge on any atom is -0.496 e. The SMILES string of the molecule is COC(=O)CC(O)C(O)c1ccc(C=O)c(OC)c1. The first kappa shape index (κ1) is 15.1. The lowest BCUT2D eigenvalue weighted by molar-refractivity contribution is -0.144. The number of esters is 1. The first-order valence-electron chi connectivity index (χ1n) is 5.59. The number of aliphatic hydroxyl groups is 2. The lowest BCUT2D eigenvalue weighted by Crippen LogP contribution is -2.22. The maximum absolute atomic E-state index is 11.0. The van der Waals surface area contributed by atoms with Gasteiger partial charge in [-0.2, -0.15) is 0 Å². The summed E-state index contributed by atoms with van der Waals surface area (Å²) in [5.41, 5.74) is 0.680. The molecule has 1 aromatic rings. The smallest absolute Gasteiger partial charge is 0.308 e. The number of carbonyl (C=O) groups excluding carboxylic acids is 2. The van der Waals surface area contributed by atoms with Gasteiger partial charge in [0.2, 0.25) is 0 Å². The number of aliphatic hydroxyl groups excluding tert-OH is 2. The van der Waals surface area contributed by atoms with Crippen LogP contribution in [0.5, 0.6) is 5.75 Å². The molecule has 2 unspecified atom stereocenters. The van der Waals surface area contributed by atoms with Crippen LogP contribution in [-0.4, -0.2) is 42.8 Å². The summed E-state index contributed by atoms with van der Waals surface area (Å²) in [5, 5.41) is 19.6. The molecule has 2 N–H and O–H groups in total. The maximum atomic E-state index is 11.0. The number of aldehydes is 1. The highest BCUT2D eigenvalue weighted by Crippen LogP contribution is 2.25. The van der Waals surface area contributed by atoms with E-state index in [1.807, 2.05) is 0 Å². The molecule has 0 radical (unpaired) electrons. The Balaban J connectivity index is 2.90. The highest BCUT2D eigenvalue weighted by molar-refractivity contribution is 5.79. The molecule has 0 aliphatic heterocycles. The maximum Gasteiger partial charge on any atom is 0.308 e. The average molecular weight is 268 g/mol. The van der Waals surface area contributed by atoms with Gasteiger partial charge in [0.1, 0.15) is 11.9 Å². The van der Waals surface area contributed by atoms with E-state index in [1.165, 1.54) is 32.4 Å². The van der Waals surface area contributed by atoms with Crippen LogP contribution < -0.4 is 4.74 Å². The summed E-state index contributed by atoms with van der Waals surface area (Å²) < 4.78 is 9.40. The molecule has 0 bridgehead atoms. The fourth-order valence-corrected chi connectivity index (χ4v) is 1.60. The zero-order chi connectivity index (χ0) is 14.4. The largest absolute Gasteiger partial charge is 0.496 e. The Morgan fingerprint density at radius 3 is 2.58 bits per heavy atom. The molecular formula is C13H16O6. The molecule has 2 atom stereocenters. The van der Waals surface area contributed by atoms with E-state index < -0.39 is 18.2 Å². The number of rotatable bonds is 6. The van der Waals surface area contributed by atoms with Gasteiger partial charge in [0, 0.05) is 0 Å². The van der Waals surface area contributed by atoms with Gasteiger partial charge >= 0.3 is 5.97 Å². The number of benzene rings is 1. The van der Waals surface area contributed by atoms with Crippen molar-refractivity contribution < 1.29 is 29.3 Å². The van der Waals surface area contributed by atoms with E-state index in [2.05, 4.69) is 4.74 Å². The standard InChI is InChI=1S/C13H16O6/c1-18-11-5-8(3-4-9(11)7-14)13(17)10(15)6-12(16)19-2/h3-5,7,10,13,15,17H,6H2,1-2H3. The topological polar surface area (TPSA) is 93.1 Å². The molecule has 1 rings (SSSR count). The predicted molar refractivity (Wildman–Crippen MR) is 66.0 cm³/mol. The summed E-state index contributed by atoms with van der Waals surface area (Å²) in [6, 6.07) is 4.39. The molecular weight excluding hydrogens is 252 g/mol. The first-order chi connectivity index (χ1) is 9.03. The molecule has 6 heteroatoms.